The first-order valence-electron chi connectivity index (χ1n) is 5.72. The van der Waals surface area contributed by atoms with Crippen LogP contribution in [0.3, 0.4) is 0 Å². The smallest absolute Gasteiger partial charge is 0.137 e. The molecule has 0 unspecified atom stereocenters. The van der Waals surface area contributed by atoms with Crippen LogP contribution in [-0.4, -0.2) is 28.9 Å². The maximum Gasteiger partial charge on any atom is 0.137 e. The quantitative estimate of drug-likeness (QED) is 0.836. The Bertz CT molecular complexity index is 561. The lowest BCUT2D eigenvalue weighted by molar-refractivity contribution is 0.956. The number of hydrogen-bond acceptors (Lipinski definition) is 3. The van der Waals surface area contributed by atoms with Crippen LogP contribution in [0.4, 0.5) is 0 Å². The second-order valence-corrected chi connectivity index (χ2v) is 4.17. The largest absolute Gasteiger partial charge is 0.368 e. The number of rotatable bonds is 3. The van der Waals surface area contributed by atoms with Crippen molar-refractivity contribution in [1.29, 1.82) is 0 Å². The molecule has 0 aliphatic carbocycles. The Kier molecular flexibility index (Phi) is 2.40. The zero-order valence-corrected chi connectivity index (χ0v) is 9.53. The number of aromatic nitrogens is 2. The highest BCUT2D eigenvalue weighted by Crippen LogP contribution is 2.15. The monoisotopic (exact) mass is 226 g/mol. The van der Waals surface area contributed by atoms with E-state index < -0.39 is 0 Å². The molecule has 0 saturated carbocycles. The highest BCUT2D eigenvalue weighted by Gasteiger charge is 2.10. The molecule has 0 aromatic carbocycles. The van der Waals surface area contributed by atoms with E-state index in [4.69, 9.17) is 0 Å². The Hall–Kier alpha value is -2.10. The van der Waals surface area contributed by atoms with Crippen LogP contribution in [-0.2, 0) is 6.42 Å². The van der Waals surface area contributed by atoms with Crippen molar-refractivity contribution in [2.75, 3.05) is 13.1 Å². The molecule has 4 heteroatoms. The molecule has 1 aliphatic rings. The Morgan fingerprint density at radius 3 is 3.18 bits per heavy atom. The molecular weight excluding hydrogens is 212 g/mol. The summed E-state index contributed by atoms with van der Waals surface area (Å²) in [5, 5.41) is 4.37. The van der Waals surface area contributed by atoms with Gasteiger partial charge in [-0.1, -0.05) is 6.58 Å². The maximum atomic E-state index is 4.36. The van der Waals surface area contributed by atoms with Gasteiger partial charge < -0.3 is 10.3 Å². The SMILES string of the molecule is C=C(Cc1cc2cccnc2[nH]1)C1=NCCN1. The number of pyridine rings is 1. The van der Waals surface area contributed by atoms with E-state index >= 15 is 0 Å². The summed E-state index contributed by atoms with van der Waals surface area (Å²) < 4.78 is 0. The molecular formula is C13H14N4. The minimum Gasteiger partial charge on any atom is -0.368 e. The van der Waals surface area contributed by atoms with Crippen molar-refractivity contribution in [2.45, 2.75) is 6.42 Å². The molecule has 0 radical (unpaired) electrons. The predicted molar refractivity (Wildman–Crippen MR) is 69.2 cm³/mol. The van der Waals surface area contributed by atoms with Crippen molar-refractivity contribution < 1.29 is 0 Å². The maximum absolute atomic E-state index is 4.36. The fourth-order valence-electron chi connectivity index (χ4n) is 2.06. The number of nitrogens with zero attached hydrogens (tertiary/aromatic N) is 2. The van der Waals surface area contributed by atoms with E-state index in [2.05, 4.69) is 39.0 Å². The predicted octanol–water partition coefficient (Wildman–Crippen LogP) is 1.66. The lowest BCUT2D eigenvalue weighted by Gasteiger charge is -2.04. The third-order valence-electron chi connectivity index (χ3n) is 2.86. The molecule has 0 atom stereocenters. The zero-order valence-electron chi connectivity index (χ0n) is 9.53. The molecule has 4 nitrogen and oxygen atoms in total. The first-order chi connectivity index (χ1) is 8.33. The summed E-state index contributed by atoms with van der Waals surface area (Å²) in [7, 11) is 0. The van der Waals surface area contributed by atoms with Crippen LogP contribution < -0.4 is 5.32 Å². The minimum absolute atomic E-state index is 0.780. The molecule has 0 spiro atoms. The van der Waals surface area contributed by atoms with Gasteiger partial charge in [0.25, 0.3) is 0 Å². The number of aromatic amines is 1. The Labute approximate surface area is 99.5 Å². The van der Waals surface area contributed by atoms with Crippen molar-refractivity contribution in [3.63, 3.8) is 0 Å². The van der Waals surface area contributed by atoms with Gasteiger partial charge in [0.15, 0.2) is 0 Å². The van der Waals surface area contributed by atoms with Gasteiger partial charge in [0.2, 0.25) is 0 Å². The number of H-pyrrole nitrogens is 1. The van der Waals surface area contributed by atoms with E-state index in [1.54, 1.807) is 6.20 Å². The molecule has 1 aliphatic heterocycles. The molecule has 0 amide bonds. The summed E-state index contributed by atoms with van der Waals surface area (Å²) in [6, 6.07) is 6.11. The summed E-state index contributed by atoms with van der Waals surface area (Å²) in [5.74, 6) is 0.941. The molecule has 2 aromatic rings. The third kappa shape index (κ3) is 1.93. The van der Waals surface area contributed by atoms with Crippen LogP contribution in [0, 0.1) is 0 Å². The van der Waals surface area contributed by atoms with Crippen LogP contribution >= 0.6 is 0 Å². The summed E-state index contributed by atoms with van der Waals surface area (Å²) >= 11 is 0. The number of amidine groups is 1. The van der Waals surface area contributed by atoms with Crippen LogP contribution in [0.5, 0.6) is 0 Å². The second kappa shape index (κ2) is 4.05. The van der Waals surface area contributed by atoms with Crippen molar-refractivity contribution >= 4 is 16.9 Å². The van der Waals surface area contributed by atoms with Gasteiger partial charge in [-0.15, -0.1) is 0 Å². The van der Waals surface area contributed by atoms with Gasteiger partial charge in [-0.2, -0.15) is 0 Å². The van der Waals surface area contributed by atoms with Gasteiger partial charge in [-0.3, -0.25) is 4.99 Å². The molecule has 0 saturated heterocycles. The van der Waals surface area contributed by atoms with Gasteiger partial charge in [0.05, 0.1) is 6.54 Å². The van der Waals surface area contributed by atoms with Gasteiger partial charge in [0, 0.05) is 30.2 Å². The topological polar surface area (TPSA) is 53.1 Å². The minimum atomic E-state index is 0.780. The van der Waals surface area contributed by atoms with E-state index in [-0.39, 0.29) is 0 Å². The summed E-state index contributed by atoms with van der Waals surface area (Å²) in [6.45, 7) is 5.84. The lowest BCUT2D eigenvalue weighted by atomic mass is 10.1. The highest BCUT2D eigenvalue weighted by atomic mass is 15.1. The van der Waals surface area contributed by atoms with E-state index in [0.29, 0.717) is 0 Å². The lowest BCUT2D eigenvalue weighted by Crippen LogP contribution is -2.21. The van der Waals surface area contributed by atoms with Gasteiger partial charge in [-0.25, -0.2) is 4.98 Å². The first kappa shape index (κ1) is 10.1. The van der Waals surface area contributed by atoms with Crippen LogP contribution in [0.2, 0.25) is 0 Å². The van der Waals surface area contributed by atoms with Gasteiger partial charge >= 0.3 is 0 Å². The van der Waals surface area contributed by atoms with E-state index in [1.807, 2.05) is 6.07 Å². The van der Waals surface area contributed by atoms with Gasteiger partial charge in [-0.05, 0) is 23.8 Å². The molecule has 3 rings (SSSR count). The van der Waals surface area contributed by atoms with Crippen molar-refractivity contribution in [3.05, 3.63) is 42.2 Å². The van der Waals surface area contributed by atoms with Crippen molar-refractivity contribution in [1.82, 2.24) is 15.3 Å². The molecule has 17 heavy (non-hydrogen) atoms. The van der Waals surface area contributed by atoms with Crippen molar-refractivity contribution in [2.24, 2.45) is 4.99 Å². The average Bonchev–Trinajstić information content (AvgIpc) is 2.97. The number of hydrogen-bond donors (Lipinski definition) is 2. The molecule has 2 N–H and O–H groups in total. The number of nitrogens with one attached hydrogen (secondary N) is 2. The van der Waals surface area contributed by atoms with E-state index in [9.17, 15) is 0 Å². The first-order valence-corrected chi connectivity index (χ1v) is 5.72. The standard InChI is InChI=1S/C13H14N4/c1-9(12-15-5-6-16-12)7-11-8-10-3-2-4-14-13(10)17-11/h2-4,8H,1,5-7H2,(H,14,17)(H,15,16). The Morgan fingerprint density at radius 1 is 1.47 bits per heavy atom. The van der Waals surface area contributed by atoms with Crippen LogP contribution in [0.25, 0.3) is 11.0 Å². The third-order valence-corrected chi connectivity index (χ3v) is 2.86. The Morgan fingerprint density at radius 2 is 2.41 bits per heavy atom. The summed E-state index contributed by atoms with van der Waals surface area (Å²) in [5.41, 5.74) is 3.07. The Balaban J connectivity index is 1.82. The fourth-order valence-corrected chi connectivity index (χ4v) is 2.06. The number of fused-ring (bicyclic) bond motifs is 1. The molecule has 3 heterocycles. The molecule has 0 bridgehead atoms. The molecule has 86 valence electrons. The molecule has 2 aromatic heterocycles. The fraction of sp³-hybridized carbons (Fsp3) is 0.231. The summed E-state index contributed by atoms with van der Waals surface area (Å²) in [6.07, 6.45) is 2.57. The summed E-state index contributed by atoms with van der Waals surface area (Å²) in [4.78, 5) is 11.9. The van der Waals surface area contributed by atoms with E-state index in [1.165, 1.54) is 0 Å². The van der Waals surface area contributed by atoms with Crippen LogP contribution in [0.15, 0.2) is 41.5 Å². The van der Waals surface area contributed by atoms with Crippen LogP contribution in [0.1, 0.15) is 5.69 Å². The van der Waals surface area contributed by atoms with Crippen molar-refractivity contribution in [3.8, 4) is 0 Å². The zero-order chi connectivity index (χ0) is 11.7. The molecule has 0 fully saturated rings. The number of aliphatic imine (C=N–C) groups is 1. The average molecular weight is 226 g/mol. The normalized spacial score (nSPS) is 14.7. The van der Waals surface area contributed by atoms with Gasteiger partial charge in [0.1, 0.15) is 11.5 Å². The highest BCUT2D eigenvalue weighted by molar-refractivity contribution is 5.99. The van der Waals surface area contributed by atoms with E-state index in [0.717, 1.165) is 47.6 Å². The second-order valence-electron chi connectivity index (χ2n) is 4.17.